The molecule has 2 unspecified atom stereocenters. The first kappa shape index (κ1) is 32.6. The fourth-order valence-corrected chi connectivity index (χ4v) is 25.0. The Labute approximate surface area is 224 Å². The van der Waals surface area contributed by atoms with Crippen molar-refractivity contribution in [3.63, 3.8) is 0 Å². The first-order valence-corrected chi connectivity index (χ1v) is 23.5. The third-order valence-corrected chi connectivity index (χ3v) is 28.1. The second kappa shape index (κ2) is 12.3. The van der Waals surface area contributed by atoms with Gasteiger partial charge in [0.15, 0.2) is 20.2 Å². The number of alkyl halides is 6. The SMILES string of the molecule is C[SiH](C)[Zr+2]([CH]1C=Cc2ccccc21)[CH]1C=Cc2ccccc21.O=S(=O)([O-])C(F)(F)F.O=S(=O)([O-])C(F)(F)F. The molecule has 6 nitrogen and oxygen atoms in total. The number of halogens is 6. The molecule has 0 aromatic heterocycles. The van der Waals surface area contributed by atoms with Crippen molar-refractivity contribution in [3.8, 4) is 0 Å². The van der Waals surface area contributed by atoms with Crippen molar-refractivity contribution in [2.45, 2.75) is 31.4 Å². The van der Waals surface area contributed by atoms with Crippen LogP contribution in [-0.4, -0.2) is 42.9 Å². The predicted octanol–water partition coefficient (Wildman–Crippen LogP) is 5.23. The Morgan fingerprint density at radius 1 is 0.684 bits per heavy atom. The molecule has 2 aliphatic carbocycles. The Morgan fingerprint density at radius 3 is 1.24 bits per heavy atom. The summed E-state index contributed by atoms with van der Waals surface area (Å²) < 4.78 is 119. The maximum Gasteiger partial charge on any atom is 0.485 e. The fraction of sp³-hybridized carbons (Fsp3) is 0.273. The topological polar surface area (TPSA) is 114 Å². The summed E-state index contributed by atoms with van der Waals surface area (Å²) in [5, 5.41) is 0. The zero-order valence-electron chi connectivity index (χ0n) is 19.7. The fourth-order valence-electron chi connectivity index (χ4n) is 3.99. The third-order valence-electron chi connectivity index (χ3n) is 5.55. The van der Waals surface area contributed by atoms with Gasteiger partial charge in [-0.05, 0) is 0 Å². The van der Waals surface area contributed by atoms with Crippen molar-refractivity contribution in [3.05, 3.63) is 82.9 Å². The molecule has 0 aliphatic heterocycles. The number of allylic oxidation sites excluding steroid dienone is 2. The average Bonchev–Trinajstić information content (AvgIpc) is 3.37. The minimum atomic E-state index is -6.09. The first-order chi connectivity index (χ1) is 17.3. The Kier molecular flexibility index (Phi) is 10.6. The second-order valence-corrected chi connectivity index (χ2v) is 31.4. The largest absolute Gasteiger partial charge is 0.741 e. The van der Waals surface area contributed by atoms with Crippen LogP contribution in [0.3, 0.4) is 0 Å². The Hall–Kier alpha value is -1.58. The number of rotatable bonds is 3. The molecule has 2 aromatic rings. The van der Waals surface area contributed by atoms with Crippen LogP contribution in [0.5, 0.6) is 0 Å². The summed E-state index contributed by atoms with van der Waals surface area (Å²) in [5.74, 6) is -0.615. The molecule has 38 heavy (non-hydrogen) atoms. The predicted molar refractivity (Wildman–Crippen MR) is 127 cm³/mol. The maximum absolute atomic E-state index is 10.7. The van der Waals surface area contributed by atoms with Gasteiger partial charge in [-0.15, -0.1) is 0 Å². The van der Waals surface area contributed by atoms with Gasteiger partial charge in [0.25, 0.3) is 0 Å². The average molecular weight is 679 g/mol. The van der Waals surface area contributed by atoms with E-state index in [0.717, 1.165) is 7.25 Å². The van der Waals surface area contributed by atoms with E-state index in [-0.39, 0.29) is 0 Å². The van der Waals surface area contributed by atoms with Gasteiger partial charge >= 0.3 is 153 Å². The summed E-state index contributed by atoms with van der Waals surface area (Å²) >= 11 is -1.62. The van der Waals surface area contributed by atoms with E-state index in [1.165, 1.54) is 11.1 Å². The van der Waals surface area contributed by atoms with Gasteiger partial charge in [0, 0.05) is 0 Å². The normalized spacial score (nSPS) is 18.2. The molecule has 0 fully saturated rings. The van der Waals surface area contributed by atoms with Gasteiger partial charge in [0.05, 0.1) is 0 Å². The number of hydrogen-bond acceptors (Lipinski definition) is 6. The van der Waals surface area contributed by atoms with Crippen molar-refractivity contribution in [2.75, 3.05) is 0 Å². The summed E-state index contributed by atoms with van der Waals surface area (Å²) in [6.07, 6.45) is 9.84. The van der Waals surface area contributed by atoms with Crippen LogP contribution in [0.4, 0.5) is 26.3 Å². The zero-order chi connectivity index (χ0) is 29.1. The van der Waals surface area contributed by atoms with E-state index in [1.54, 1.807) is 11.1 Å². The van der Waals surface area contributed by atoms with E-state index >= 15 is 0 Å². The molecular formula is C22H21F6O6S2SiZr. The van der Waals surface area contributed by atoms with Gasteiger partial charge in [-0.1, -0.05) is 0 Å². The van der Waals surface area contributed by atoms with E-state index in [4.69, 9.17) is 25.9 Å². The van der Waals surface area contributed by atoms with Gasteiger partial charge in [-0.2, -0.15) is 26.3 Å². The quantitative estimate of drug-likeness (QED) is 0.190. The number of fused-ring (bicyclic) bond motifs is 2. The molecule has 0 N–H and O–H groups in total. The second-order valence-electron chi connectivity index (χ2n) is 8.39. The van der Waals surface area contributed by atoms with Crippen molar-refractivity contribution < 1.29 is 73.2 Å². The maximum atomic E-state index is 10.7. The summed E-state index contributed by atoms with van der Waals surface area (Å²) in [7, 11) is -12.2. The van der Waals surface area contributed by atoms with Crippen molar-refractivity contribution in [1.29, 1.82) is 0 Å². The number of hydrogen-bond donors (Lipinski definition) is 0. The molecule has 207 valence electrons. The molecule has 0 amide bonds. The van der Waals surface area contributed by atoms with Crippen LogP contribution in [0.1, 0.15) is 29.5 Å². The minimum absolute atomic E-state index is 0.615. The Balaban J connectivity index is 0.000000264. The van der Waals surface area contributed by atoms with E-state index < -0.39 is 58.1 Å². The van der Waals surface area contributed by atoms with Crippen molar-refractivity contribution in [2.24, 2.45) is 0 Å². The monoisotopic (exact) mass is 677 g/mol. The molecular weight excluding hydrogens is 658 g/mol. The summed E-state index contributed by atoms with van der Waals surface area (Å²) in [6, 6.07) is 18.1. The third kappa shape index (κ3) is 8.21. The van der Waals surface area contributed by atoms with E-state index in [1.807, 2.05) is 0 Å². The zero-order valence-corrected chi connectivity index (χ0v) is 24.9. The van der Waals surface area contributed by atoms with Crippen LogP contribution < -0.4 is 0 Å². The molecule has 0 heterocycles. The van der Waals surface area contributed by atoms with Crippen LogP contribution in [0.2, 0.25) is 13.1 Å². The molecule has 0 spiro atoms. The standard InChI is InChI=1S/2C9H7.C2H7Si.2CHF3O3S.Zr/c2*1-2-5-9-7-3-6-8(9)4-1;1-3-2;2*2-1(3,4)8(5,6)7;/h2*1-7H;3H,1-2H3;2*(H,5,6,7);/q;;;;;+2/p-2. The van der Waals surface area contributed by atoms with Crippen molar-refractivity contribution >= 4 is 38.3 Å². The molecule has 2 aliphatic rings. The van der Waals surface area contributed by atoms with E-state index in [2.05, 4.69) is 85.9 Å². The first-order valence-electron chi connectivity index (χ1n) is 10.7. The van der Waals surface area contributed by atoms with Gasteiger partial charge in [0.2, 0.25) is 0 Å². The van der Waals surface area contributed by atoms with E-state index in [9.17, 15) is 26.3 Å². The van der Waals surface area contributed by atoms with Crippen molar-refractivity contribution in [1.82, 2.24) is 0 Å². The van der Waals surface area contributed by atoms with Crippen LogP contribution in [0, 0.1) is 0 Å². The molecule has 0 saturated carbocycles. The molecule has 2 atom stereocenters. The summed E-state index contributed by atoms with van der Waals surface area (Å²) in [6.45, 7) is 5.19. The Morgan fingerprint density at radius 2 is 0.974 bits per heavy atom. The summed E-state index contributed by atoms with van der Waals surface area (Å²) in [4.78, 5) is 0. The smallest absolute Gasteiger partial charge is 0.485 e. The van der Waals surface area contributed by atoms with Gasteiger partial charge in [0.1, 0.15) is 0 Å². The molecule has 0 radical (unpaired) electrons. The van der Waals surface area contributed by atoms with E-state index in [0.29, 0.717) is 0 Å². The van der Waals surface area contributed by atoms with Crippen LogP contribution in [-0.2, 0) is 41.1 Å². The van der Waals surface area contributed by atoms with Crippen LogP contribution >= 0.6 is 0 Å². The molecule has 0 saturated heterocycles. The molecule has 0 bridgehead atoms. The van der Waals surface area contributed by atoms with Gasteiger partial charge in [-0.3, -0.25) is 0 Å². The van der Waals surface area contributed by atoms with Gasteiger partial charge < -0.3 is 9.11 Å². The molecule has 2 aromatic carbocycles. The van der Waals surface area contributed by atoms with Crippen LogP contribution in [0.15, 0.2) is 60.7 Å². The van der Waals surface area contributed by atoms with Crippen LogP contribution in [0.25, 0.3) is 12.2 Å². The minimum Gasteiger partial charge on any atom is -0.741 e. The van der Waals surface area contributed by atoms with Gasteiger partial charge in [-0.25, -0.2) is 16.8 Å². The summed E-state index contributed by atoms with van der Waals surface area (Å²) in [5.41, 5.74) is -5.11. The molecule has 16 heteroatoms. The number of benzene rings is 2. The molecule has 4 rings (SSSR count). The Bertz CT molecular complexity index is 1300.